The number of amides is 1. The van der Waals surface area contributed by atoms with Crippen molar-refractivity contribution in [2.24, 2.45) is 5.41 Å². The number of rotatable bonds is 6. The average Bonchev–Trinajstić information content (AvgIpc) is 2.35. The molecule has 0 bridgehead atoms. The van der Waals surface area contributed by atoms with Crippen molar-refractivity contribution in [3.63, 3.8) is 0 Å². The zero-order valence-corrected chi connectivity index (χ0v) is 12.9. The van der Waals surface area contributed by atoms with Gasteiger partial charge in [0.1, 0.15) is 0 Å². The van der Waals surface area contributed by atoms with Crippen molar-refractivity contribution in [3.05, 3.63) is 35.4 Å². The van der Waals surface area contributed by atoms with Gasteiger partial charge in [0, 0.05) is 12.6 Å². The Balaban J connectivity index is 2.37. The van der Waals surface area contributed by atoms with Crippen LogP contribution in [0.3, 0.4) is 0 Å². The number of aryl methyl sites for hydroxylation is 1. The third kappa shape index (κ3) is 5.72. The van der Waals surface area contributed by atoms with Crippen molar-refractivity contribution < 1.29 is 9.90 Å². The van der Waals surface area contributed by atoms with Crippen LogP contribution in [0.4, 0.5) is 0 Å². The van der Waals surface area contributed by atoms with Crippen LogP contribution in [0.5, 0.6) is 0 Å². The molecule has 0 aliphatic heterocycles. The lowest BCUT2D eigenvalue weighted by molar-refractivity contribution is -0.120. The zero-order chi connectivity index (χ0) is 15.2. The van der Waals surface area contributed by atoms with Gasteiger partial charge in [0.05, 0.1) is 13.2 Å². The highest BCUT2D eigenvalue weighted by Gasteiger charge is 2.23. The van der Waals surface area contributed by atoms with E-state index in [9.17, 15) is 9.90 Å². The summed E-state index contributed by atoms with van der Waals surface area (Å²) in [5.74, 6) is -0.0609. The number of nitrogens with one attached hydrogen (secondary N) is 2. The molecular formula is C16H26N2O2. The van der Waals surface area contributed by atoms with Crippen molar-refractivity contribution in [2.45, 2.75) is 40.3 Å². The Morgan fingerprint density at radius 2 is 2.05 bits per heavy atom. The van der Waals surface area contributed by atoms with Crippen LogP contribution >= 0.6 is 0 Å². The van der Waals surface area contributed by atoms with Gasteiger partial charge in [-0.05, 0) is 17.9 Å². The van der Waals surface area contributed by atoms with Gasteiger partial charge >= 0.3 is 0 Å². The molecule has 4 nitrogen and oxygen atoms in total. The summed E-state index contributed by atoms with van der Waals surface area (Å²) in [5.41, 5.74) is 2.20. The van der Waals surface area contributed by atoms with Crippen LogP contribution in [0.2, 0.25) is 0 Å². The van der Waals surface area contributed by atoms with Gasteiger partial charge in [-0.1, -0.05) is 50.6 Å². The normalized spacial score (nSPS) is 13.1. The maximum Gasteiger partial charge on any atom is 0.234 e. The average molecular weight is 278 g/mol. The molecule has 1 amide bonds. The van der Waals surface area contributed by atoms with E-state index < -0.39 is 0 Å². The summed E-state index contributed by atoms with van der Waals surface area (Å²) in [6.45, 7) is 8.90. The summed E-state index contributed by atoms with van der Waals surface area (Å²) in [6, 6.07) is 7.97. The Hall–Kier alpha value is -1.39. The standard InChI is InChI=1S/C16H26N2O2/c1-12-6-5-7-13(8-12)9-18-15(20)10-17-14(11-19)16(2,3)4/h5-8,14,17,19H,9-11H2,1-4H3,(H,18,20)/t14-/m1/s1. The van der Waals surface area contributed by atoms with E-state index in [0.29, 0.717) is 6.54 Å². The van der Waals surface area contributed by atoms with Crippen LogP contribution in [-0.2, 0) is 11.3 Å². The Bertz CT molecular complexity index is 438. The fourth-order valence-electron chi connectivity index (χ4n) is 1.95. The lowest BCUT2D eigenvalue weighted by atomic mass is 9.87. The molecule has 0 aliphatic rings. The van der Waals surface area contributed by atoms with E-state index in [0.717, 1.165) is 5.56 Å². The number of aliphatic hydroxyl groups is 1. The first-order chi connectivity index (χ1) is 9.32. The number of aliphatic hydroxyl groups excluding tert-OH is 1. The van der Waals surface area contributed by atoms with Crippen LogP contribution < -0.4 is 10.6 Å². The molecule has 20 heavy (non-hydrogen) atoms. The minimum Gasteiger partial charge on any atom is -0.395 e. The van der Waals surface area contributed by atoms with Crippen molar-refractivity contribution in [1.82, 2.24) is 10.6 Å². The minimum absolute atomic E-state index is 0.0225. The number of carbonyl (C=O) groups is 1. The largest absolute Gasteiger partial charge is 0.395 e. The lowest BCUT2D eigenvalue weighted by Crippen LogP contribution is -2.47. The first kappa shape index (κ1) is 16.7. The molecule has 0 radical (unpaired) electrons. The minimum atomic E-state index is -0.0905. The van der Waals surface area contributed by atoms with Gasteiger partial charge < -0.3 is 15.7 Å². The zero-order valence-electron chi connectivity index (χ0n) is 12.9. The second-order valence-corrected chi connectivity index (χ2v) is 6.25. The Kier molecular flexibility index (Phi) is 6.17. The summed E-state index contributed by atoms with van der Waals surface area (Å²) in [5, 5.41) is 15.3. The Morgan fingerprint density at radius 3 is 2.60 bits per heavy atom. The smallest absolute Gasteiger partial charge is 0.234 e. The van der Waals surface area contributed by atoms with Crippen LogP contribution in [-0.4, -0.2) is 30.2 Å². The SMILES string of the molecule is Cc1cccc(CNC(=O)CN[C@H](CO)C(C)(C)C)c1. The van der Waals surface area contributed by atoms with Gasteiger partial charge in [0.2, 0.25) is 5.91 Å². The highest BCUT2D eigenvalue weighted by Crippen LogP contribution is 2.18. The summed E-state index contributed by atoms with van der Waals surface area (Å²) >= 11 is 0. The van der Waals surface area contributed by atoms with E-state index in [1.165, 1.54) is 5.56 Å². The number of hydrogen-bond donors (Lipinski definition) is 3. The van der Waals surface area contributed by atoms with E-state index in [4.69, 9.17) is 0 Å². The monoisotopic (exact) mass is 278 g/mol. The van der Waals surface area contributed by atoms with E-state index >= 15 is 0 Å². The number of carbonyl (C=O) groups excluding carboxylic acids is 1. The van der Waals surface area contributed by atoms with Gasteiger partial charge in [-0.3, -0.25) is 4.79 Å². The van der Waals surface area contributed by atoms with Gasteiger partial charge in [0.25, 0.3) is 0 Å². The molecule has 1 aromatic carbocycles. The fraction of sp³-hybridized carbons (Fsp3) is 0.562. The maximum atomic E-state index is 11.8. The molecule has 0 unspecified atom stereocenters. The molecule has 0 aromatic heterocycles. The van der Waals surface area contributed by atoms with Crippen molar-refractivity contribution >= 4 is 5.91 Å². The molecule has 3 N–H and O–H groups in total. The topological polar surface area (TPSA) is 61.4 Å². The first-order valence-electron chi connectivity index (χ1n) is 6.99. The molecule has 0 heterocycles. The number of hydrogen-bond acceptors (Lipinski definition) is 3. The quantitative estimate of drug-likeness (QED) is 0.741. The summed E-state index contributed by atoms with van der Waals surface area (Å²) in [7, 11) is 0. The predicted molar refractivity (Wildman–Crippen MR) is 81.4 cm³/mol. The second-order valence-electron chi connectivity index (χ2n) is 6.25. The predicted octanol–water partition coefficient (Wildman–Crippen LogP) is 1.61. The van der Waals surface area contributed by atoms with Crippen LogP contribution in [0.15, 0.2) is 24.3 Å². The summed E-state index contributed by atoms with van der Waals surface area (Å²) in [6.07, 6.45) is 0. The van der Waals surface area contributed by atoms with E-state index in [1.807, 2.05) is 45.9 Å². The maximum absolute atomic E-state index is 11.8. The summed E-state index contributed by atoms with van der Waals surface area (Å²) in [4.78, 5) is 11.8. The van der Waals surface area contributed by atoms with Crippen LogP contribution in [0, 0.1) is 12.3 Å². The van der Waals surface area contributed by atoms with Crippen molar-refractivity contribution in [2.75, 3.05) is 13.2 Å². The highest BCUT2D eigenvalue weighted by molar-refractivity contribution is 5.78. The van der Waals surface area contributed by atoms with E-state index in [1.54, 1.807) is 0 Å². The molecular weight excluding hydrogens is 252 g/mol. The van der Waals surface area contributed by atoms with Crippen LogP contribution in [0.25, 0.3) is 0 Å². The van der Waals surface area contributed by atoms with Crippen LogP contribution in [0.1, 0.15) is 31.9 Å². The second kappa shape index (κ2) is 7.41. The van der Waals surface area contributed by atoms with Gasteiger partial charge in [-0.25, -0.2) is 0 Å². The van der Waals surface area contributed by atoms with E-state index in [2.05, 4.69) is 16.7 Å². The Morgan fingerprint density at radius 1 is 1.35 bits per heavy atom. The highest BCUT2D eigenvalue weighted by atomic mass is 16.3. The fourth-order valence-corrected chi connectivity index (χ4v) is 1.95. The van der Waals surface area contributed by atoms with E-state index in [-0.39, 0.29) is 30.5 Å². The molecule has 112 valence electrons. The molecule has 1 atom stereocenters. The molecule has 0 saturated heterocycles. The summed E-state index contributed by atoms with van der Waals surface area (Å²) < 4.78 is 0. The molecule has 1 aromatic rings. The molecule has 4 heteroatoms. The molecule has 0 aliphatic carbocycles. The lowest BCUT2D eigenvalue weighted by Gasteiger charge is -2.29. The van der Waals surface area contributed by atoms with Crippen molar-refractivity contribution in [3.8, 4) is 0 Å². The van der Waals surface area contributed by atoms with Gasteiger partial charge in [-0.15, -0.1) is 0 Å². The molecule has 1 rings (SSSR count). The number of benzene rings is 1. The van der Waals surface area contributed by atoms with Gasteiger partial charge in [0.15, 0.2) is 0 Å². The Labute approximate surface area is 121 Å². The molecule has 0 spiro atoms. The van der Waals surface area contributed by atoms with Crippen molar-refractivity contribution in [1.29, 1.82) is 0 Å². The third-order valence-corrected chi connectivity index (χ3v) is 3.31. The molecule has 0 saturated carbocycles. The molecule has 0 fully saturated rings. The third-order valence-electron chi connectivity index (χ3n) is 3.31. The first-order valence-corrected chi connectivity index (χ1v) is 6.99. The van der Waals surface area contributed by atoms with Gasteiger partial charge in [-0.2, -0.15) is 0 Å².